The van der Waals surface area contributed by atoms with E-state index in [0.29, 0.717) is 12.4 Å². The molecule has 0 bridgehead atoms. The predicted molar refractivity (Wildman–Crippen MR) is 74.7 cm³/mol. The molecule has 5 heteroatoms. The molecule has 1 aromatic carbocycles. The van der Waals surface area contributed by atoms with E-state index in [2.05, 4.69) is 27.6 Å². The van der Waals surface area contributed by atoms with E-state index in [0.717, 1.165) is 9.13 Å². The smallest absolute Gasteiger partial charge is 0.335 e. The van der Waals surface area contributed by atoms with E-state index in [-0.39, 0.29) is 5.56 Å². The Morgan fingerprint density at radius 3 is 2.67 bits per heavy atom. The molecule has 0 aliphatic heterocycles. The largest absolute Gasteiger partial charge is 0.488 e. The Kier molecular flexibility index (Phi) is 4.14. The first-order valence-electron chi connectivity index (χ1n) is 5.21. The number of hydrogen-bond donors (Lipinski definition) is 1. The number of benzene rings is 1. The summed E-state index contributed by atoms with van der Waals surface area (Å²) in [5, 5.41) is 8.92. The van der Waals surface area contributed by atoms with Gasteiger partial charge in [-0.2, -0.15) is 0 Å². The van der Waals surface area contributed by atoms with Gasteiger partial charge in [-0.15, -0.1) is 0 Å². The highest BCUT2D eigenvalue weighted by molar-refractivity contribution is 14.1. The van der Waals surface area contributed by atoms with E-state index in [4.69, 9.17) is 9.84 Å². The summed E-state index contributed by atoms with van der Waals surface area (Å²) in [5.41, 5.74) is 1.21. The van der Waals surface area contributed by atoms with Crippen molar-refractivity contribution < 1.29 is 14.6 Å². The molecule has 2 rings (SSSR count). The maximum atomic E-state index is 10.9. The highest BCUT2D eigenvalue weighted by Gasteiger charge is 2.08. The van der Waals surface area contributed by atoms with Crippen molar-refractivity contribution in [2.45, 2.75) is 6.61 Å². The fourth-order valence-corrected chi connectivity index (χ4v) is 1.88. The molecule has 0 fully saturated rings. The average molecular weight is 355 g/mol. The number of aromatic nitrogens is 1. The Morgan fingerprint density at radius 1 is 1.28 bits per heavy atom. The minimum atomic E-state index is -0.958. The van der Waals surface area contributed by atoms with Crippen LogP contribution >= 0.6 is 22.6 Å². The van der Waals surface area contributed by atoms with Crippen LogP contribution in [0.5, 0.6) is 5.75 Å². The molecule has 0 aliphatic rings. The third-order valence-corrected chi connectivity index (χ3v) is 3.21. The van der Waals surface area contributed by atoms with Crippen molar-refractivity contribution >= 4 is 28.6 Å². The van der Waals surface area contributed by atoms with Crippen molar-refractivity contribution in [2.24, 2.45) is 0 Å². The second-order valence-corrected chi connectivity index (χ2v) is 4.76. The molecular weight excluding hydrogens is 345 g/mol. The Bertz CT molecular complexity index is 557. The molecule has 0 unspecified atom stereocenters. The summed E-state index contributed by atoms with van der Waals surface area (Å²) < 4.78 is 6.50. The van der Waals surface area contributed by atoms with Crippen LogP contribution in [-0.2, 0) is 6.61 Å². The SMILES string of the molecule is O=C(O)c1ccc(I)c(OCc2ccncc2)c1. The van der Waals surface area contributed by atoms with E-state index in [1.54, 1.807) is 24.5 Å². The van der Waals surface area contributed by atoms with Gasteiger partial charge in [0.15, 0.2) is 0 Å². The molecule has 2 aromatic rings. The minimum absolute atomic E-state index is 0.222. The van der Waals surface area contributed by atoms with Crippen molar-refractivity contribution in [3.8, 4) is 5.75 Å². The van der Waals surface area contributed by atoms with Crippen molar-refractivity contribution in [2.75, 3.05) is 0 Å². The van der Waals surface area contributed by atoms with Crippen molar-refractivity contribution in [3.63, 3.8) is 0 Å². The summed E-state index contributed by atoms with van der Waals surface area (Å²) in [6, 6.07) is 8.53. The van der Waals surface area contributed by atoms with Gasteiger partial charge in [-0.05, 0) is 58.5 Å². The summed E-state index contributed by atoms with van der Waals surface area (Å²) in [5.74, 6) is -0.382. The van der Waals surface area contributed by atoms with E-state index < -0.39 is 5.97 Å². The van der Waals surface area contributed by atoms with Crippen LogP contribution in [0.25, 0.3) is 0 Å². The quantitative estimate of drug-likeness (QED) is 0.857. The summed E-state index contributed by atoms with van der Waals surface area (Å²) >= 11 is 2.11. The van der Waals surface area contributed by atoms with Crippen LogP contribution in [0, 0.1) is 3.57 Å². The zero-order valence-electron chi connectivity index (χ0n) is 9.34. The fraction of sp³-hybridized carbons (Fsp3) is 0.0769. The van der Waals surface area contributed by atoms with Gasteiger partial charge in [0.05, 0.1) is 9.13 Å². The normalized spacial score (nSPS) is 10.1. The molecule has 18 heavy (non-hydrogen) atoms. The lowest BCUT2D eigenvalue weighted by Gasteiger charge is -2.08. The number of carbonyl (C=O) groups is 1. The zero-order chi connectivity index (χ0) is 13.0. The Labute approximate surface area is 118 Å². The number of rotatable bonds is 4. The highest BCUT2D eigenvalue weighted by atomic mass is 127. The van der Waals surface area contributed by atoms with Gasteiger partial charge < -0.3 is 9.84 Å². The molecule has 0 spiro atoms. The molecule has 0 amide bonds. The predicted octanol–water partition coefficient (Wildman–Crippen LogP) is 2.96. The molecule has 0 saturated heterocycles. The van der Waals surface area contributed by atoms with Gasteiger partial charge >= 0.3 is 5.97 Å². The van der Waals surface area contributed by atoms with E-state index in [1.807, 2.05) is 12.1 Å². The lowest BCUT2D eigenvalue weighted by atomic mass is 10.2. The number of halogens is 1. The second kappa shape index (κ2) is 5.81. The van der Waals surface area contributed by atoms with Crippen molar-refractivity contribution in [3.05, 3.63) is 57.4 Å². The number of pyridine rings is 1. The molecule has 0 atom stereocenters. The van der Waals surface area contributed by atoms with Crippen molar-refractivity contribution in [1.29, 1.82) is 0 Å². The number of nitrogens with zero attached hydrogens (tertiary/aromatic N) is 1. The standard InChI is InChI=1S/C13H10INO3/c14-11-2-1-10(13(16)17)7-12(11)18-8-9-3-5-15-6-4-9/h1-7H,8H2,(H,16,17). The van der Waals surface area contributed by atoms with Gasteiger partial charge in [-0.1, -0.05) is 0 Å². The van der Waals surface area contributed by atoms with E-state index in [1.165, 1.54) is 6.07 Å². The maximum Gasteiger partial charge on any atom is 0.335 e. The van der Waals surface area contributed by atoms with Crippen LogP contribution in [0.4, 0.5) is 0 Å². The van der Waals surface area contributed by atoms with E-state index in [9.17, 15) is 4.79 Å². The number of carboxylic acids is 1. The monoisotopic (exact) mass is 355 g/mol. The van der Waals surface area contributed by atoms with E-state index >= 15 is 0 Å². The molecule has 0 saturated carbocycles. The van der Waals surface area contributed by atoms with Crippen LogP contribution in [0.2, 0.25) is 0 Å². The van der Waals surface area contributed by atoms with Gasteiger partial charge in [0.25, 0.3) is 0 Å². The Balaban J connectivity index is 2.14. The first kappa shape index (κ1) is 12.8. The van der Waals surface area contributed by atoms with Gasteiger partial charge in [0.2, 0.25) is 0 Å². The fourth-order valence-electron chi connectivity index (χ4n) is 1.39. The Morgan fingerprint density at radius 2 is 2.00 bits per heavy atom. The summed E-state index contributed by atoms with van der Waals surface area (Å²) in [6.07, 6.45) is 3.38. The first-order chi connectivity index (χ1) is 8.66. The third-order valence-electron chi connectivity index (χ3n) is 2.32. The lowest BCUT2D eigenvalue weighted by molar-refractivity contribution is 0.0696. The molecule has 92 valence electrons. The minimum Gasteiger partial charge on any atom is -0.488 e. The third kappa shape index (κ3) is 3.19. The number of aromatic carboxylic acids is 1. The maximum absolute atomic E-state index is 10.9. The molecule has 1 N–H and O–H groups in total. The second-order valence-electron chi connectivity index (χ2n) is 3.59. The topological polar surface area (TPSA) is 59.4 Å². The number of carboxylic acid groups (broad SMARTS) is 1. The average Bonchev–Trinajstić information content (AvgIpc) is 2.38. The molecule has 4 nitrogen and oxygen atoms in total. The van der Waals surface area contributed by atoms with Gasteiger partial charge in [0, 0.05) is 12.4 Å². The van der Waals surface area contributed by atoms with Gasteiger partial charge in [-0.3, -0.25) is 4.98 Å². The van der Waals surface area contributed by atoms with Crippen LogP contribution < -0.4 is 4.74 Å². The molecule has 0 radical (unpaired) electrons. The number of hydrogen-bond acceptors (Lipinski definition) is 3. The summed E-state index contributed by atoms with van der Waals surface area (Å²) in [4.78, 5) is 14.8. The first-order valence-corrected chi connectivity index (χ1v) is 6.29. The van der Waals surface area contributed by atoms with Gasteiger partial charge in [0.1, 0.15) is 12.4 Å². The van der Waals surface area contributed by atoms with Gasteiger partial charge in [-0.25, -0.2) is 4.79 Å². The van der Waals surface area contributed by atoms with Crippen LogP contribution in [0.15, 0.2) is 42.7 Å². The zero-order valence-corrected chi connectivity index (χ0v) is 11.5. The Hall–Kier alpha value is -1.63. The number of ether oxygens (including phenoxy) is 1. The lowest BCUT2D eigenvalue weighted by Crippen LogP contribution is -2.01. The van der Waals surface area contributed by atoms with Crippen molar-refractivity contribution in [1.82, 2.24) is 4.98 Å². The van der Waals surface area contributed by atoms with Crippen LogP contribution in [-0.4, -0.2) is 16.1 Å². The summed E-state index contributed by atoms with van der Waals surface area (Å²) in [6.45, 7) is 0.390. The molecule has 1 heterocycles. The van der Waals surface area contributed by atoms with Crippen LogP contribution in [0.3, 0.4) is 0 Å². The molecular formula is C13H10INO3. The highest BCUT2D eigenvalue weighted by Crippen LogP contribution is 2.23. The molecule has 1 aromatic heterocycles. The summed E-state index contributed by atoms with van der Waals surface area (Å²) in [7, 11) is 0. The van der Waals surface area contributed by atoms with Crippen LogP contribution in [0.1, 0.15) is 15.9 Å². The molecule has 0 aliphatic carbocycles.